The highest BCUT2D eigenvalue weighted by Crippen LogP contribution is 2.51. The predicted octanol–water partition coefficient (Wildman–Crippen LogP) is 8.87. The molecule has 1 atom stereocenters. The van der Waals surface area contributed by atoms with Crippen LogP contribution < -0.4 is 29.7 Å². The molecule has 0 bridgehead atoms. The monoisotopic (exact) mass is 691 g/mol. The lowest BCUT2D eigenvalue weighted by Crippen LogP contribution is -2.31. The van der Waals surface area contributed by atoms with Crippen molar-refractivity contribution >= 4 is 6.09 Å². The molecule has 8 heteroatoms. The first-order valence-electron chi connectivity index (χ1n) is 17.5. The van der Waals surface area contributed by atoms with Gasteiger partial charge in [-0.2, -0.15) is 0 Å². The van der Waals surface area contributed by atoms with E-state index in [0.29, 0.717) is 41.2 Å². The zero-order valence-electron chi connectivity index (χ0n) is 31.4. The number of ether oxygens (including phenoxy) is 5. The van der Waals surface area contributed by atoms with E-state index >= 15 is 0 Å². The summed E-state index contributed by atoms with van der Waals surface area (Å²) in [7, 11) is 6.18. The highest BCUT2D eigenvalue weighted by molar-refractivity contribution is 5.84. The molecular formula is C43H49NO7. The Hall–Kier alpha value is -4.98. The minimum Gasteiger partial charge on any atom is -0.493 e. The second-order valence-electron chi connectivity index (χ2n) is 15.4. The number of hydrogen-bond acceptors (Lipinski definition) is 7. The minimum atomic E-state index is -0.557. The third-order valence-corrected chi connectivity index (χ3v) is 10.3. The topological polar surface area (TPSA) is 92.3 Å². The smallest absolute Gasteiger partial charge is 0.407 e. The fourth-order valence-corrected chi connectivity index (χ4v) is 7.43. The summed E-state index contributed by atoms with van der Waals surface area (Å²) < 4.78 is 28.8. The normalized spacial score (nSPS) is 15.1. The summed E-state index contributed by atoms with van der Waals surface area (Å²) >= 11 is 0. The molecule has 268 valence electrons. The number of rotatable bonds is 7. The first-order valence-corrected chi connectivity index (χ1v) is 17.5. The van der Waals surface area contributed by atoms with E-state index in [1.165, 1.54) is 35.4 Å². The molecule has 1 unspecified atom stereocenters. The second-order valence-corrected chi connectivity index (χ2v) is 15.4. The van der Waals surface area contributed by atoms with Crippen LogP contribution in [0.3, 0.4) is 0 Å². The number of hydrogen-bond donors (Lipinski definition) is 1. The van der Waals surface area contributed by atoms with Crippen molar-refractivity contribution in [1.29, 1.82) is 0 Å². The van der Waals surface area contributed by atoms with Gasteiger partial charge in [-0.05, 0) is 91.9 Å². The van der Waals surface area contributed by atoms with Gasteiger partial charge in [-0.1, -0.05) is 84.0 Å². The van der Waals surface area contributed by atoms with Gasteiger partial charge in [-0.3, -0.25) is 4.79 Å². The van der Waals surface area contributed by atoms with Gasteiger partial charge in [0.2, 0.25) is 11.2 Å². The second kappa shape index (κ2) is 13.6. The summed E-state index contributed by atoms with van der Waals surface area (Å²) in [5.41, 5.74) is 9.81. The van der Waals surface area contributed by atoms with Crippen molar-refractivity contribution in [1.82, 2.24) is 5.32 Å². The molecule has 1 amide bonds. The number of carbonyl (C=O) groups is 1. The van der Waals surface area contributed by atoms with Crippen LogP contribution in [0, 0.1) is 0 Å². The fraction of sp³-hybridized carbons (Fsp3) is 0.395. The van der Waals surface area contributed by atoms with E-state index in [2.05, 4.69) is 83.3 Å². The summed E-state index contributed by atoms with van der Waals surface area (Å²) in [6.45, 7) is 13.4. The lowest BCUT2D eigenvalue weighted by Gasteiger charge is -2.23. The SMILES string of the molecule is COc1cc2c(c(OC)c1OC)-c1ccc(OC)c(=O)cc1C(NC(=O)OCC1c3cc(C(C)(C)C)ccc3-c3ccc(C(C)(C)C)cc31)CC2. The van der Waals surface area contributed by atoms with Gasteiger partial charge < -0.3 is 29.0 Å². The van der Waals surface area contributed by atoms with E-state index in [0.717, 1.165) is 22.3 Å². The molecule has 0 aliphatic heterocycles. The molecule has 0 saturated heterocycles. The quantitative estimate of drug-likeness (QED) is 0.207. The standard InChI is InChI=1S/C43H49NO7/c1-42(2,3)25-12-14-27-28-15-13-26(43(4,5)6)21-31(28)33(30(27)20-25)23-51-41(46)44-34-17-11-24-19-37(48-8)39(49-9)40(50-10)38(24)29-16-18-36(47-7)35(45)22-32(29)34/h12-16,18-22,33-34H,11,17,23H2,1-10H3,(H,44,46). The van der Waals surface area contributed by atoms with Gasteiger partial charge in [-0.25, -0.2) is 4.79 Å². The maximum absolute atomic E-state index is 13.8. The molecule has 4 aromatic rings. The summed E-state index contributed by atoms with van der Waals surface area (Å²) in [6, 6.07) is 19.8. The van der Waals surface area contributed by atoms with Crippen molar-refractivity contribution in [3.05, 3.63) is 104 Å². The largest absolute Gasteiger partial charge is 0.493 e. The van der Waals surface area contributed by atoms with Crippen molar-refractivity contribution in [2.75, 3.05) is 35.0 Å². The third kappa shape index (κ3) is 6.64. The zero-order chi connectivity index (χ0) is 36.8. The van der Waals surface area contributed by atoms with E-state index in [4.69, 9.17) is 23.7 Å². The molecule has 6 rings (SSSR count). The molecule has 2 aliphatic rings. The van der Waals surface area contributed by atoms with Gasteiger partial charge in [0.05, 0.1) is 34.5 Å². The summed E-state index contributed by atoms with van der Waals surface area (Å²) in [6.07, 6.45) is 0.507. The number of aryl methyl sites for hydroxylation is 1. The molecular weight excluding hydrogens is 642 g/mol. The molecule has 0 saturated carbocycles. The highest BCUT2D eigenvalue weighted by atomic mass is 16.5. The lowest BCUT2D eigenvalue weighted by molar-refractivity contribution is 0.138. The maximum atomic E-state index is 13.8. The number of benzene rings is 3. The van der Waals surface area contributed by atoms with E-state index in [9.17, 15) is 9.59 Å². The predicted molar refractivity (Wildman–Crippen MR) is 201 cm³/mol. The highest BCUT2D eigenvalue weighted by Gasteiger charge is 2.34. The molecule has 0 radical (unpaired) electrons. The van der Waals surface area contributed by atoms with Crippen molar-refractivity contribution in [2.24, 2.45) is 0 Å². The number of amides is 1. The van der Waals surface area contributed by atoms with Gasteiger partial charge >= 0.3 is 6.09 Å². The van der Waals surface area contributed by atoms with E-state index in [-0.39, 0.29) is 34.5 Å². The average molecular weight is 692 g/mol. The number of carbonyl (C=O) groups excluding carboxylic acids is 1. The fourth-order valence-electron chi connectivity index (χ4n) is 7.43. The molecule has 51 heavy (non-hydrogen) atoms. The number of methoxy groups -OCH3 is 4. The Labute approximate surface area is 301 Å². The molecule has 0 spiro atoms. The van der Waals surface area contributed by atoms with Crippen LogP contribution in [0.1, 0.15) is 93.3 Å². The molecule has 8 nitrogen and oxygen atoms in total. The van der Waals surface area contributed by atoms with E-state index in [1.54, 1.807) is 27.4 Å². The van der Waals surface area contributed by atoms with Crippen LogP contribution in [-0.2, 0) is 22.0 Å². The van der Waals surface area contributed by atoms with Gasteiger partial charge in [-0.15, -0.1) is 0 Å². The third-order valence-electron chi connectivity index (χ3n) is 10.3. The Kier molecular flexibility index (Phi) is 9.57. The zero-order valence-corrected chi connectivity index (χ0v) is 31.4. The average Bonchev–Trinajstić information content (AvgIpc) is 3.20. The summed E-state index contributed by atoms with van der Waals surface area (Å²) in [4.78, 5) is 27.2. The summed E-state index contributed by atoms with van der Waals surface area (Å²) in [5, 5.41) is 3.12. The molecule has 0 heterocycles. The van der Waals surface area contributed by atoms with Crippen LogP contribution in [0.15, 0.2) is 65.5 Å². The van der Waals surface area contributed by atoms with Crippen LogP contribution >= 0.6 is 0 Å². The molecule has 0 fully saturated rings. The van der Waals surface area contributed by atoms with Crippen LogP contribution in [0.4, 0.5) is 4.79 Å². The Morgan fingerprint density at radius 1 is 0.686 bits per heavy atom. The van der Waals surface area contributed by atoms with Crippen LogP contribution in [0.5, 0.6) is 23.0 Å². The minimum absolute atomic E-state index is 0.0381. The van der Waals surface area contributed by atoms with Crippen molar-refractivity contribution in [3.8, 4) is 45.3 Å². The van der Waals surface area contributed by atoms with Crippen LogP contribution in [0.2, 0.25) is 0 Å². The Balaban J connectivity index is 1.36. The van der Waals surface area contributed by atoms with Crippen molar-refractivity contribution in [3.63, 3.8) is 0 Å². The Morgan fingerprint density at radius 2 is 1.25 bits per heavy atom. The molecule has 1 N–H and O–H groups in total. The van der Waals surface area contributed by atoms with Gasteiger partial charge in [0.25, 0.3) is 0 Å². The lowest BCUT2D eigenvalue weighted by atomic mass is 9.83. The Bertz CT molecular complexity index is 1990. The molecule has 4 aromatic carbocycles. The van der Waals surface area contributed by atoms with Crippen LogP contribution in [0.25, 0.3) is 22.3 Å². The first kappa shape index (κ1) is 35.8. The first-order chi connectivity index (χ1) is 24.2. The van der Waals surface area contributed by atoms with Crippen LogP contribution in [-0.4, -0.2) is 41.1 Å². The number of fused-ring (bicyclic) bond motifs is 6. The number of alkyl carbamates (subject to hydrolysis) is 1. The summed E-state index contributed by atoms with van der Waals surface area (Å²) in [5.74, 6) is 1.52. The molecule has 0 aromatic heterocycles. The van der Waals surface area contributed by atoms with Gasteiger partial charge in [0.15, 0.2) is 17.2 Å². The van der Waals surface area contributed by atoms with Crippen molar-refractivity contribution in [2.45, 2.75) is 77.2 Å². The van der Waals surface area contributed by atoms with Crippen molar-refractivity contribution < 1.29 is 28.5 Å². The number of nitrogens with one attached hydrogen (secondary N) is 1. The molecule has 2 aliphatic carbocycles. The van der Waals surface area contributed by atoms with E-state index in [1.807, 2.05) is 12.1 Å². The van der Waals surface area contributed by atoms with Gasteiger partial charge in [0.1, 0.15) is 6.61 Å². The Morgan fingerprint density at radius 3 is 1.78 bits per heavy atom. The van der Waals surface area contributed by atoms with Gasteiger partial charge in [0, 0.05) is 11.5 Å². The maximum Gasteiger partial charge on any atom is 0.407 e. The van der Waals surface area contributed by atoms with E-state index < -0.39 is 12.1 Å².